The van der Waals surface area contributed by atoms with Crippen LogP contribution in [0.1, 0.15) is 47.9 Å². The average molecular weight is 631 g/mol. The highest BCUT2D eigenvalue weighted by molar-refractivity contribution is 9.10. The average Bonchev–Trinajstić information content (AvgIpc) is 3.10. The Hall–Kier alpha value is -2.71. The fourth-order valence-corrected chi connectivity index (χ4v) is 6.91. The number of aryl methyl sites for hydroxylation is 2. The molecule has 2 aromatic carbocycles. The van der Waals surface area contributed by atoms with E-state index in [0.717, 1.165) is 42.4 Å². The molecule has 2 aliphatic heterocycles. The van der Waals surface area contributed by atoms with Gasteiger partial charge in [-0.25, -0.2) is 13.4 Å². The molecule has 3 heterocycles. The molecule has 204 valence electrons. The van der Waals surface area contributed by atoms with Crippen molar-refractivity contribution in [2.24, 2.45) is 0 Å². The van der Waals surface area contributed by atoms with Crippen LogP contribution in [-0.2, 0) is 16.4 Å². The van der Waals surface area contributed by atoms with Crippen LogP contribution < -0.4 is 10.1 Å². The van der Waals surface area contributed by atoms with Crippen LogP contribution in [-0.4, -0.2) is 47.7 Å². The van der Waals surface area contributed by atoms with Gasteiger partial charge in [-0.15, -0.1) is 0 Å². The summed E-state index contributed by atoms with van der Waals surface area (Å²) in [6, 6.07) is 11.8. The first-order valence-electron chi connectivity index (χ1n) is 12.7. The smallest absolute Gasteiger partial charge is 0.238 e. The summed E-state index contributed by atoms with van der Waals surface area (Å²) in [5, 5.41) is 13.2. The number of hydrogen-bond donors (Lipinski definition) is 1. The van der Waals surface area contributed by atoms with Crippen LogP contribution in [0.15, 0.2) is 45.9 Å². The molecule has 0 amide bonds. The number of anilines is 1. The Balaban J connectivity index is 1.27. The Bertz CT molecular complexity index is 1540. The molecule has 3 aromatic rings. The van der Waals surface area contributed by atoms with Crippen molar-refractivity contribution in [2.45, 2.75) is 69.1 Å². The van der Waals surface area contributed by atoms with Gasteiger partial charge < -0.3 is 10.1 Å². The lowest BCUT2D eigenvalue weighted by atomic mass is 9.96. The lowest BCUT2D eigenvalue weighted by molar-refractivity contribution is 0.124. The van der Waals surface area contributed by atoms with Gasteiger partial charge in [0, 0.05) is 35.9 Å². The van der Waals surface area contributed by atoms with E-state index in [9.17, 15) is 13.7 Å². The van der Waals surface area contributed by atoms with E-state index in [1.54, 1.807) is 30.5 Å². The van der Waals surface area contributed by atoms with Gasteiger partial charge in [-0.3, -0.25) is 4.90 Å². The minimum Gasteiger partial charge on any atom is -0.437 e. The van der Waals surface area contributed by atoms with E-state index in [4.69, 9.17) is 16.3 Å². The zero-order valence-corrected chi connectivity index (χ0v) is 25.1. The molecule has 1 unspecified atom stereocenters. The second-order valence-corrected chi connectivity index (χ2v) is 13.7. The standard InChI is InChI=1S/C28H29BrClN5O3S/c1-16-8-18(13-31)9-17(2)26(16)38-27-24(29)14-32-28(34-27)33-20-10-21-5-6-22(11-20)35(21)15-19-4-7-23(12-25(19)30)39(3,36)37/h4,7-9,12,14,20-22H,5-6,10-11,15H2,1-3H3,(H,32,33,34)/t20?,21-,22+. The van der Waals surface area contributed by atoms with Crippen LogP contribution >= 0.6 is 27.5 Å². The Kier molecular flexibility index (Phi) is 7.89. The van der Waals surface area contributed by atoms with Crippen LogP contribution in [0.2, 0.25) is 5.02 Å². The molecule has 0 radical (unpaired) electrons. The molecule has 1 aromatic heterocycles. The predicted octanol–water partition coefficient (Wildman–Crippen LogP) is 6.18. The zero-order chi connectivity index (χ0) is 27.9. The van der Waals surface area contributed by atoms with Crippen molar-refractivity contribution >= 4 is 43.3 Å². The van der Waals surface area contributed by atoms with Crippen LogP contribution in [0.25, 0.3) is 0 Å². The molecule has 8 nitrogen and oxygen atoms in total. The molecule has 5 rings (SSSR count). The number of hydrogen-bond acceptors (Lipinski definition) is 8. The topological polar surface area (TPSA) is 108 Å². The molecule has 0 saturated carbocycles. The molecule has 11 heteroatoms. The SMILES string of the molecule is Cc1cc(C#N)cc(C)c1Oc1nc(NC2C[C@H]3CC[C@@H](C2)N3Cc2ccc(S(C)(=O)=O)cc2Cl)ncc1Br. The number of sulfone groups is 1. The molecule has 39 heavy (non-hydrogen) atoms. The summed E-state index contributed by atoms with van der Waals surface area (Å²) in [4.78, 5) is 11.9. The molecule has 2 bridgehead atoms. The summed E-state index contributed by atoms with van der Waals surface area (Å²) in [6.45, 7) is 4.52. The van der Waals surface area contributed by atoms with Gasteiger partial charge in [0.05, 0.1) is 27.2 Å². The summed E-state index contributed by atoms with van der Waals surface area (Å²) in [7, 11) is -3.29. The van der Waals surface area contributed by atoms with E-state index in [1.165, 1.54) is 6.26 Å². The van der Waals surface area contributed by atoms with Crippen molar-refractivity contribution in [1.82, 2.24) is 14.9 Å². The largest absolute Gasteiger partial charge is 0.437 e. The van der Waals surface area contributed by atoms with Gasteiger partial charge >= 0.3 is 0 Å². The second kappa shape index (κ2) is 11.0. The minimum absolute atomic E-state index is 0.217. The summed E-state index contributed by atoms with van der Waals surface area (Å²) in [5.41, 5.74) is 3.26. The summed E-state index contributed by atoms with van der Waals surface area (Å²) >= 11 is 9.98. The van der Waals surface area contributed by atoms with Gasteiger partial charge in [-0.1, -0.05) is 17.7 Å². The first kappa shape index (κ1) is 27.8. The van der Waals surface area contributed by atoms with Crippen LogP contribution in [0, 0.1) is 25.2 Å². The number of fused-ring (bicyclic) bond motifs is 2. The van der Waals surface area contributed by atoms with Gasteiger partial charge in [0.2, 0.25) is 11.8 Å². The molecular formula is C28H29BrClN5O3S. The lowest BCUT2D eigenvalue weighted by Gasteiger charge is -2.39. The fraction of sp³-hybridized carbons (Fsp3) is 0.393. The highest BCUT2D eigenvalue weighted by atomic mass is 79.9. The van der Waals surface area contributed by atoms with Crippen LogP contribution in [0.5, 0.6) is 11.6 Å². The van der Waals surface area contributed by atoms with Gasteiger partial charge in [0.15, 0.2) is 9.84 Å². The molecule has 2 aliphatic rings. The van der Waals surface area contributed by atoms with Crippen molar-refractivity contribution < 1.29 is 13.2 Å². The van der Waals surface area contributed by atoms with Crippen LogP contribution in [0.3, 0.4) is 0 Å². The fourth-order valence-electron chi connectivity index (χ4n) is 5.68. The van der Waals surface area contributed by atoms with Gasteiger partial charge in [-0.2, -0.15) is 10.2 Å². The third-order valence-electron chi connectivity index (χ3n) is 7.52. The number of rotatable bonds is 7. The second-order valence-electron chi connectivity index (χ2n) is 10.4. The number of piperidine rings is 1. The highest BCUT2D eigenvalue weighted by Crippen LogP contribution is 2.39. The number of aromatic nitrogens is 2. The Morgan fingerprint density at radius 1 is 1.18 bits per heavy atom. The molecule has 1 N–H and O–H groups in total. The number of nitriles is 1. The quantitative estimate of drug-likeness (QED) is 0.330. The molecule has 2 saturated heterocycles. The number of nitrogens with zero attached hydrogens (tertiary/aromatic N) is 4. The van der Waals surface area contributed by atoms with Crippen molar-refractivity contribution in [3.8, 4) is 17.7 Å². The Morgan fingerprint density at radius 2 is 1.85 bits per heavy atom. The van der Waals surface area contributed by atoms with E-state index < -0.39 is 9.84 Å². The molecule has 3 atom stereocenters. The number of benzene rings is 2. The first-order valence-corrected chi connectivity index (χ1v) is 15.8. The Morgan fingerprint density at radius 3 is 2.44 bits per heavy atom. The highest BCUT2D eigenvalue weighted by Gasteiger charge is 2.41. The van der Waals surface area contributed by atoms with E-state index in [1.807, 2.05) is 19.9 Å². The first-order chi connectivity index (χ1) is 18.5. The molecule has 0 spiro atoms. The maximum absolute atomic E-state index is 11.9. The summed E-state index contributed by atoms with van der Waals surface area (Å²) < 4.78 is 30.5. The minimum atomic E-state index is -3.29. The number of halogens is 2. The number of ether oxygens (including phenoxy) is 1. The third kappa shape index (κ3) is 6.07. The van der Waals surface area contributed by atoms with Gasteiger partial charge in [0.1, 0.15) is 5.75 Å². The molecular weight excluding hydrogens is 602 g/mol. The lowest BCUT2D eigenvalue weighted by Crippen LogP contribution is -2.46. The van der Waals surface area contributed by atoms with Gasteiger partial charge in [0.25, 0.3) is 0 Å². The molecule has 2 fully saturated rings. The maximum atomic E-state index is 11.9. The zero-order valence-electron chi connectivity index (χ0n) is 21.9. The molecule has 0 aliphatic carbocycles. The predicted molar refractivity (Wildman–Crippen MR) is 154 cm³/mol. The monoisotopic (exact) mass is 629 g/mol. The summed E-state index contributed by atoms with van der Waals surface area (Å²) in [6.07, 6.45) is 6.97. The van der Waals surface area contributed by atoms with Crippen LogP contribution in [0.4, 0.5) is 5.95 Å². The van der Waals surface area contributed by atoms with Crippen molar-refractivity contribution in [2.75, 3.05) is 11.6 Å². The van der Waals surface area contributed by atoms with Gasteiger partial charge in [-0.05, 0) is 96.4 Å². The van der Waals surface area contributed by atoms with E-state index in [-0.39, 0.29) is 10.9 Å². The van der Waals surface area contributed by atoms with E-state index in [2.05, 4.69) is 42.2 Å². The van der Waals surface area contributed by atoms with E-state index >= 15 is 0 Å². The van der Waals surface area contributed by atoms with Crippen molar-refractivity contribution in [1.29, 1.82) is 5.26 Å². The van der Waals surface area contributed by atoms with Crippen molar-refractivity contribution in [3.63, 3.8) is 0 Å². The summed E-state index contributed by atoms with van der Waals surface area (Å²) in [5.74, 6) is 1.60. The van der Waals surface area contributed by atoms with E-state index in [0.29, 0.717) is 51.3 Å². The number of nitrogens with one attached hydrogen (secondary N) is 1. The van der Waals surface area contributed by atoms with Crippen molar-refractivity contribution in [3.05, 3.63) is 68.3 Å². The Labute approximate surface area is 242 Å². The normalized spacial score (nSPS) is 21.0. The maximum Gasteiger partial charge on any atom is 0.238 e. The third-order valence-corrected chi connectivity index (χ3v) is 9.53.